The van der Waals surface area contributed by atoms with Crippen molar-refractivity contribution in [3.05, 3.63) is 23.7 Å². The molecule has 1 aromatic rings. The lowest BCUT2D eigenvalue weighted by molar-refractivity contribution is 0.0659. The fourth-order valence-corrected chi connectivity index (χ4v) is 4.54. The van der Waals surface area contributed by atoms with Gasteiger partial charge >= 0.3 is 5.97 Å². The van der Waals surface area contributed by atoms with E-state index in [4.69, 9.17) is 9.52 Å². The number of hydrogen-bond donors (Lipinski definition) is 2. The van der Waals surface area contributed by atoms with Crippen LogP contribution in [0.25, 0.3) is 0 Å². The third-order valence-electron chi connectivity index (χ3n) is 4.14. The number of furan rings is 1. The molecule has 0 radical (unpaired) electrons. The first-order valence-electron chi connectivity index (χ1n) is 7.51. The Bertz CT molecular complexity index is 713. The van der Waals surface area contributed by atoms with E-state index in [1.165, 1.54) is 16.4 Å². The van der Waals surface area contributed by atoms with Crippen LogP contribution in [0.15, 0.2) is 16.5 Å². The topological polar surface area (TPSA) is 117 Å². The molecule has 1 amide bonds. The Kier molecular flexibility index (Phi) is 4.15. The van der Waals surface area contributed by atoms with Crippen molar-refractivity contribution in [2.45, 2.75) is 37.0 Å². The van der Waals surface area contributed by atoms with Crippen LogP contribution in [-0.4, -0.2) is 54.1 Å². The molecule has 126 valence electrons. The maximum absolute atomic E-state index is 12.1. The number of hydrogen-bond acceptors (Lipinski definition) is 5. The Hall–Kier alpha value is -1.87. The van der Waals surface area contributed by atoms with Crippen molar-refractivity contribution in [3.63, 3.8) is 0 Å². The van der Waals surface area contributed by atoms with Gasteiger partial charge in [-0.05, 0) is 37.8 Å². The van der Waals surface area contributed by atoms with Crippen molar-refractivity contribution in [2.75, 3.05) is 13.1 Å². The third kappa shape index (κ3) is 3.40. The maximum Gasteiger partial charge on any atom is 0.371 e. The smallest absolute Gasteiger partial charge is 0.371 e. The number of rotatable bonds is 5. The lowest BCUT2D eigenvalue weighted by Crippen LogP contribution is -2.47. The fraction of sp³-hybridized carbons (Fsp3) is 0.571. The summed E-state index contributed by atoms with van der Waals surface area (Å²) in [4.78, 5) is 22.7. The molecule has 2 aliphatic rings. The van der Waals surface area contributed by atoms with Crippen LogP contribution in [0.2, 0.25) is 0 Å². The molecule has 1 aliphatic heterocycles. The molecule has 1 saturated heterocycles. The van der Waals surface area contributed by atoms with Gasteiger partial charge in [-0.25, -0.2) is 17.5 Å². The number of carboxylic acid groups (broad SMARTS) is 1. The fourth-order valence-electron chi connectivity index (χ4n) is 2.66. The van der Waals surface area contributed by atoms with Crippen molar-refractivity contribution in [3.8, 4) is 0 Å². The van der Waals surface area contributed by atoms with E-state index in [1.54, 1.807) is 0 Å². The zero-order valence-corrected chi connectivity index (χ0v) is 13.2. The number of carbonyl (C=O) groups is 2. The van der Waals surface area contributed by atoms with Gasteiger partial charge in [0.1, 0.15) is 0 Å². The highest BCUT2D eigenvalue weighted by atomic mass is 32.2. The maximum atomic E-state index is 12.1. The van der Waals surface area contributed by atoms with Gasteiger partial charge in [0.2, 0.25) is 15.8 Å². The van der Waals surface area contributed by atoms with Crippen LogP contribution in [0, 0.1) is 0 Å². The molecular formula is C14H18N2O6S. The summed E-state index contributed by atoms with van der Waals surface area (Å²) in [6.45, 7) is 0.782. The summed E-state index contributed by atoms with van der Waals surface area (Å²) in [5, 5.41) is 11.3. The van der Waals surface area contributed by atoms with Crippen molar-refractivity contribution < 1.29 is 27.5 Å². The predicted octanol–water partition coefficient (Wildman–Crippen LogP) is 0.664. The summed E-state index contributed by atoms with van der Waals surface area (Å²) in [5.74, 6) is -2.07. The van der Waals surface area contributed by atoms with Crippen molar-refractivity contribution >= 4 is 21.9 Å². The van der Waals surface area contributed by atoms with Crippen LogP contribution in [0.3, 0.4) is 0 Å². The van der Waals surface area contributed by atoms with Crippen molar-refractivity contribution in [1.29, 1.82) is 0 Å². The van der Waals surface area contributed by atoms with Gasteiger partial charge in [0, 0.05) is 19.1 Å². The van der Waals surface area contributed by atoms with Gasteiger partial charge < -0.3 is 14.8 Å². The van der Waals surface area contributed by atoms with Gasteiger partial charge in [0.05, 0.1) is 5.25 Å². The zero-order chi connectivity index (χ0) is 16.6. The standard InChI is InChI=1S/C14H18N2O6S/c17-13(11-3-4-12(22-11)14(18)19)15-9-5-7-16(8-6-9)23(20,21)10-1-2-10/h3-4,9-10H,1-2,5-8H2,(H,15,17)(H,18,19). The Morgan fingerprint density at radius 3 is 2.26 bits per heavy atom. The molecule has 23 heavy (non-hydrogen) atoms. The molecule has 1 aliphatic carbocycles. The third-order valence-corrected chi connectivity index (χ3v) is 6.53. The Morgan fingerprint density at radius 2 is 1.74 bits per heavy atom. The van der Waals surface area contributed by atoms with Gasteiger partial charge in [-0.15, -0.1) is 0 Å². The van der Waals surface area contributed by atoms with E-state index >= 15 is 0 Å². The van der Waals surface area contributed by atoms with E-state index in [0.29, 0.717) is 25.9 Å². The van der Waals surface area contributed by atoms with E-state index in [2.05, 4.69) is 5.32 Å². The second kappa shape index (κ2) is 5.97. The SMILES string of the molecule is O=C(O)c1ccc(C(=O)NC2CCN(S(=O)(=O)C3CC3)CC2)o1. The minimum atomic E-state index is -3.16. The monoisotopic (exact) mass is 342 g/mol. The molecule has 0 aromatic carbocycles. The number of nitrogens with zero attached hydrogens (tertiary/aromatic N) is 1. The van der Waals surface area contributed by atoms with Gasteiger partial charge in [0.15, 0.2) is 5.76 Å². The molecule has 2 N–H and O–H groups in total. The number of sulfonamides is 1. The molecule has 3 rings (SSSR count). The Labute approximate surface area is 133 Å². The first-order chi connectivity index (χ1) is 10.9. The molecule has 8 nitrogen and oxygen atoms in total. The molecule has 0 bridgehead atoms. The van der Waals surface area contributed by atoms with Crippen LogP contribution in [0.5, 0.6) is 0 Å². The summed E-state index contributed by atoms with van der Waals surface area (Å²) >= 11 is 0. The number of nitrogens with one attached hydrogen (secondary N) is 1. The molecule has 9 heteroatoms. The summed E-state index contributed by atoms with van der Waals surface area (Å²) < 4.78 is 30.7. The first-order valence-corrected chi connectivity index (χ1v) is 9.01. The lowest BCUT2D eigenvalue weighted by Gasteiger charge is -2.31. The highest BCUT2D eigenvalue weighted by molar-refractivity contribution is 7.90. The van der Waals surface area contributed by atoms with Crippen LogP contribution >= 0.6 is 0 Å². The average Bonchev–Trinajstić information content (AvgIpc) is 3.25. The molecule has 0 atom stereocenters. The predicted molar refractivity (Wildman–Crippen MR) is 79.7 cm³/mol. The molecule has 1 aromatic heterocycles. The van der Waals surface area contributed by atoms with E-state index < -0.39 is 21.9 Å². The lowest BCUT2D eigenvalue weighted by atomic mass is 10.1. The number of carboxylic acids is 1. The number of amides is 1. The van der Waals surface area contributed by atoms with E-state index in [9.17, 15) is 18.0 Å². The average molecular weight is 342 g/mol. The summed E-state index contributed by atoms with van der Waals surface area (Å²) in [7, 11) is -3.16. The Balaban J connectivity index is 1.54. The molecule has 0 unspecified atom stereocenters. The van der Waals surface area contributed by atoms with E-state index in [-0.39, 0.29) is 22.8 Å². The zero-order valence-electron chi connectivity index (χ0n) is 12.4. The van der Waals surface area contributed by atoms with E-state index in [1.807, 2.05) is 0 Å². The van der Waals surface area contributed by atoms with Gasteiger partial charge in [-0.3, -0.25) is 4.79 Å². The Morgan fingerprint density at radius 1 is 1.13 bits per heavy atom. The second-order valence-corrected chi connectivity index (χ2v) is 8.07. The van der Waals surface area contributed by atoms with Crippen molar-refractivity contribution in [2.24, 2.45) is 0 Å². The number of carbonyl (C=O) groups excluding carboxylic acids is 1. The first kappa shape index (κ1) is 16.0. The minimum absolute atomic E-state index is 0.0598. The van der Waals surface area contributed by atoms with Gasteiger partial charge in [-0.1, -0.05) is 0 Å². The molecule has 0 spiro atoms. The molecule has 2 fully saturated rings. The molecule has 1 saturated carbocycles. The summed E-state index contributed by atoms with van der Waals surface area (Å²) in [6, 6.07) is 2.39. The summed E-state index contributed by atoms with van der Waals surface area (Å²) in [6.07, 6.45) is 2.54. The number of aromatic carboxylic acids is 1. The van der Waals surface area contributed by atoms with Crippen LogP contribution in [0.4, 0.5) is 0 Å². The van der Waals surface area contributed by atoms with Crippen LogP contribution in [-0.2, 0) is 10.0 Å². The normalized spacial score (nSPS) is 20.3. The van der Waals surface area contributed by atoms with Crippen LogP contribution < -0.4 is 5.32 Å². The minimum Gasteiger partial charge on any atom is -0.475 e. The highest BCUT2D eigenvalue weighted by Crippen LogP contribution is 2.32. The highest BCUT2D eigenvalue weighted by Gasteiger charge is 2.41. The largest absolute Gasteiger partial charge is 0.475 e. The molecule has 2 heterocycles. The second-order valence-electron chi connectivity index (χ2n) is 5.86. The number of piperidine rings is 1. The quantitative estimate of drug-likeness (QED) is 0.812. The van der Waals surface area contributed by atoms with Gasteiger partial charge in [-0.2, -0.15) is 0 Å². The summed E-state index contributed by atoms with van der Waals surface area (Å²) in [5.41, 5.74) is 0. The van der Waals surface area contributed by atoms with Crippen LogP contribution in [0.1, 0.15) is 46.8 Å². The van der Waals surface area contributed by atoms with Crippen molar-refractivity contribution in [1.82, 2.24) is 9.62 Å². The van der Waals surface area contributed by atoms with E-state index in [0.717, 1.165) is 12.8 Å². The molecular weight excluding hydrogens is 324 g/mol. The van der Waals surface area contributed by atoms with Gasteiger partial charge in [0.25, 0.3) is 5.91 Å².